The van der Waals surface area contributed by atoms with Gasteiger partial charge in [-0.1, -0.05) is 117 Å². The average Bonchev–Trinajstić information content (AvgIpc) is 2.84. The number of benzene rings is 3. The molecular formula is C30H38O2Si. The van der Waals surface area contributed by atoms with Crippen LogP contribution in [0, 0.1) is 0 Å². The van der Waals surface area contributed by atoms with E-state index in [9.17, 15) is 0 Å². The van der Waals surface area contributed by atoms with Gasteiger partial charge in [0.15, 0.2) is 9.76 Å². The van der Waals surface area contributed by atoms with Gasteiger partial charge in [-0.3, -0.25) is 0 Å². The van der Waals surface area contributed by atoms with Crippen molar-refractivity contribution in [3.8, 4) is 0 Å². The monoisotopic (exact) mass is 458 g/mol. The molecule has 2 nitrogen and oxygen atoms in total. The van der Waals surface area contributed by atoms with Crippen LogP contribution in [0.1, 0.15) is 61.3 Å². The normalized spacial score (nSPS) is 12.4. The minimum absolute atomic E-state index is 0.0846. The summed E-state index contributed by atoms with van der Waals surface area (Å²) in [6.07, 6.45) is 8.33. The van der Waals surface area contributed by atoms with Crippen LogP contribution >= 0.6 is 0 Å². The van der Waals surface area contributed by atoms with Gasteiger partial charge in [0.05, 0.1) is 6.61 Å². The summed E-state index contributed by atoms with van der Waals surface area (Å²) in [4.78, 5) is 0. The lowest BCUT2D eigenvalue weighted by Crippen LogP contribution is -2.25. The molecular weight excluding hydrogens is 420 g/mol. The molecule has 1 N–H and O–H groups in total. The van der Waals surface area contributed by atoms with Crippen molar-refractivity contribution in [3.05, 3.63) is 113 Å². The first-order chi connectivity index (χ1) is 16.1. The SMILES string of the molecule is CC(C)([SiH2]OCCCCCc1ccccc1/C=C/CO)C(c1ccccc1)c1ccccc1. The fraction of sp³-hybridized carbons (Fsp3) is 0.333. The van der Waals surface area contributed by atoms with E-state index in [1.54, 1.807) is 6.08 Å². The van der Waals surface area contributed by atoms with E-state index in [4.69, 9.17) is 9.53 Å². The molecule has 0 spiro atoms. The summed E-state index contributed by atoms with van der Waals surface area (Å²) in [5.41, 5.74) is 5.31. The molecule has 0 saturated heterocycles. The quantitative estimate of drug-likeness (QED) is 0.233. The number of unbranched alkanes of at least 4 members (excludes halogenated alkanes) is 2. The number of rotatable bonds is 13. The van der Waals surface area contributed by atoms with E-state index in [1.165, 1.54) is 28.7 Å². The number of hydrogen-bond donors (Lipinski definition) is 1. The first-order valence-electron chi connectivity index (χ1n) is 12.1. The molecule has 0 radical (unpaired) electrons. The van der Waals surface area contributed by atoms with Gasteiger partial charge in [0.2, 0.25) is 0 Å². The van der Waals surface area contributed by atoms with Crippen LogP contribution in [0.4, 0.5) is 0 Å². The van der Waals surface area contributed by atoms with Crippen LogP contribution in [0.15, 0.2) is 91.0 Å². The van der Waals surface area contributed by atoms with Crippen molar-refractivity contribution in [1.29, 1.82) is 0 Å². The highest BCUT2D eigenvalue weighted by Gasteiger charge is 2.33. The van der Waals surface area contributed by atoms with E-state index in [0.29, 0.717) is 5.92 Å². The van der Waals surface area contributed by atoms with Gasteiger partial charge in [-0.25, -0.2) is 0 Å². The summed E-state index contributed by atoms with van der Waals surface area (Å²) in [5.74, 6) is 0.357. The van der Waals surface area contributed by atoms with Crippen molar-refractivity contribution in [3.63, 3.8) is 0 Å². The zero-order valence-electron chi connectivity index (χ0n) is 20.1. The molecule has 0 heterocycles. The molecule has 0 atom stereocenters. The third kappa shape index (κ3) is 7.81. The minimum atomic E-state index is -0.730. The van der Waals surface area contributed by atoms with Gasteiger partial charge in [-0.15, -0.1) is 0 Å². The molecule has 3 rings (SSSR count). The Hall–Kier alpha value is -2.46. The predicted molar refractivity (Wildman–Crippen MR) is 143 cm³/mol. The van der Waals surface area contributed by atoms with E-state index < -0.39 is 9.76 Å². The number of aliphatic hydroxyl groups is 1. The Morgan fingerprint density at radius 2 is 1.42 bits per heavy atom. The first kappa shape index (κ1) is 25.2. The summed E-state index contributed by atoms with van der Waals surface area (Å²) in [5, 5.41) is 9.16. The Morgan fingerprint density at radius 1 is 0.818 bits per heavy atom. The Bertz CT molecular complexity index is 927. The van der Waals surface area contributed by atoms with Crippen LogP contribution in [-0.2, 0) is 10.8 Å². The third-order valence-corrected chi connectivity index (χ3v) is 7.86. The summed E-state index contributed by atoms with van der Waals surface area (Å²) < 4.78 is 6.35. The second-order valence-corrected chi connectivity index (χ2v) is 11.9. The molecule has 0 aliphatic carbocycles. The van der Waals surface area contributed by atoms with Gasteiger partial charge < -0.3 is 9.53 Å². The summed E-state index contributed by atoms with van der Waals surface area (Å²) in [6, 6.07) is 30.2. The predicted octanol–water partition coefficient (Wildman–Crippen LogP) is 6.54. The van der Waals surface area contributed by atoms with Gasteiger partial charge in [0, 0.05) is 12.5 Å². The van der Waals surface area contributed by atoms with E-state index >= 15 is 0 Å². The number of aryl methyl sites for hydroxylation is 1. The lowest BCUT2D eigenvalue weighted by molar-refractivity contribution is 0.301. The third-order valence-electron chi connectivity index (χ3n) is 6.21. The molecule has 33 heavy (non-hydrogen) atoms. The fourth-order valence-electron chi connectivity index (χ4n) is 4.60. The van der Waals surface area contributed by atoms with Gasteiger partial charge in [0.1, 0.15) is 0 Å². The van der Waals surface area contributed by atoms with Crippen LogP contribution < -0.4 is 0 Å². The molecule has 0 aliphatic heterocycles. The van der Waals surface area contributed by atoms with E-state index in [0.717, 1.165) is 25.9 Å². The fourth-order valence-corrected chi connectivity index (χ4v) is 6.12. The molecule has 3 aromatic rings. The molecule has 3 heteroatoms. The molecule has 0 fully saturated rings. The Labute approximate surface area is 202 Å². The summed E-state index contributed by atoms with van der Waals surface area (Å²) >= 11 is 0. The number of hydrogen-bond acceptors (Lipinski definition) is 2. The van der Waals surface area contributed by atoms with Crippen molar-refractivity contribution >= 4 is 15.8 Å². The summed E-state index contributed by atoms with van der Waals surface area (Å²) in [6.45, 7) is 5.70. The van der Waals surface area contributed by atoms with Crippen molar-refractivity contribution in [2.75, 3.05) is 13.2 Å². The highest BCUT2D eigenvalue weighted by Crippen LogP contribution is 2.45. The van der Waals surface area contributed by atoms with E-state index in [2.05, 4.69) is 98.8 Å². The molecule has 0 saturated carbocycles. The van der Waals surface area contributed by atoms with E-state index in [-0.39, 0.29) is 11.6 Å². The lowest BCUT2D eigenvalue weighted by Gasteiger charge is -2.34. The van der Waals surface area contributed by atoms with Crippen LogP contribution in [-0.4, -0.2) is 28.1 Å². The maximum atomic E-state index is 9.04. The highest BCUT2D eigenvalue weighted by molar-refractivity contribution is 6.32. The lowest BCUT2D eigenvalue weighted by atomic mass is 9.82. The van der Waals surface area contributed by atoms with Gasteiger partial charge in [-0.05, 0) is 46.6 Å². The van der Waals surface area contributed by atoms with Crippen LogP contribution in [0.2, 0.25) is 5.04 Å². The van der Waals surface area contributed by atoms with Crippen LogP contribution in [0.5, 0.6) is 0 Å². The Morgan fingerprint density at radius 3 is 2.06 bits per heavy atom. The Balaban J connectivity index is 1.48. The second-order valence-electron chi connectivity index (χ2n) is 9.39. The number of aliphatic hydroxyl groups excluding tert-OH is 1. The van der Waals surface area contributed by atoms with Gasteiger partial charge >= 0.3 is 0 Å². The molecule has 0 bridgehead atoms. The second kappa shape index (κ2) is 13.3. The maximum Gasteiger partial charge on any atom is 0.168 e. The maximum absolute atomic E-state index is 9.04. The zero-order chi connectivity index (χ0) is 23.4. The highest BCUT2D eigenvalue weighted by atomic mass is 28.2. The van der Waals surface area contributed by atoms with Crippen molar-refractivity contribution in [1.82, 2.24) is 0 Å². The molecule has 174 valence electrons. The van der Waals surface area contributed by atoms with Crippen molar-refractivity contribution in [2.24, 2.45) is 0 Å². The Kier molecular flexibility index (Phi) is 10.1. The van der Waals surface area contributed by atoms with Crippen LogP contribution in [0.25, 0.3) is 6.08 Å². The van der Waals surface area contributed by atoms with Gasteiger partial charge in [-0.2, -0.15) is 0 Å². The van der Waals surface area contributed by atoms with Crippen LogP contribution in [0.3, 0.4) is 0 Å². The topological polar surface area (TPSA) is 29.5 Å². The molecule has 0 amide bonds. The average molecular weight is 459 g/mol. The molecule has 0 aromatic heterocycles. The smallest absolute Gasteiger partial charge is 0.168 e. The van der Waals surface area contributed by atoms with Crippen molar-refractivity contribution < 1.29 is 9.53 Å². The largest absolute Gasteiger partial charge is 0.423 e. The zero-order valence-corrected chi connectivity index (χ0v) is 21.5. The molecule has 0 aliphatic rings. The van der Waals surface area contributed by atoms with Gasteiger partial charge in [0.25, 0.3) is 0 Å². The van der Waals surface area contributed by atoms with Crippen molar-refractivity contribution in [2.45, 2.75) is 50.5 Å². The molecule has 3 aromatic carbocycles. The molecule has 0 unspecified atom stereocenters. The minimum Gasteiger partial charge on any atom is -0.423 e. The standard InChI is InChI=1S/C30H38O2Si/c1-30(2,29(27-18-6-3-7-19-27)28-20-8-4-9-21-28)33-32-24-13-5-10-15-25-16-11-12-17-26(25)22-14-23-31/h3-4,6-9,11-12,14,16-22,29,31H,5,10,13,15,23-24,33H2,1-2H3/b22-14+. The first-order valence-corrected chi connectivity index (χ1v) is 13.4. The summed E-state index contributed by atoms with van der Waals surface area (Å²) in [7, 11) is -0.730. The van der Waals surface area contributed by atoms with E-state index in [1.807, 2.05) is 6.08 Å².